The monoisotopic (exact) mass is 229 g/mol. The molecule has 0 spiro atoms. The highest BCUT2D eigenvalue weighted by Crippen LogP contribution is 2.51. The highest BCUT2D eigenvalue weighted by molar-refractivity contribution is 8.00. The summed E-state index contributed by atoms with van der Waals surface area (Å²) in [6.07, 6.45) is -6.25. The van der Waals surface area contributed by atoms with Gasteiger partial charge in [0.05, 0.1) is 0 Å². The van der Waals surface area contributed by atoms with E-state index >= 15 is 0 Å². The smallest absolute Gasteiger partial charge is 0.188 e. The zero-order valence-electron chi connectivity index (χ0n) is 5.97. The van der Waals surface area contributed by atoms with Gasteiger partial charge in [0.1, 0.15) is 0 Å². The molecule has 0 aromatic carbocycles. The molecule has 0 aliphatic rings. The Morgan fingerprint density at radius 1 is 0.923 bits per heavy atom. The van der Waals surface area contributed by atoms with Crippen LogP contribution in [0.3, 0.4) is 0 Å². The molecule has 0 aliphatic carbocycles. The lowest BCUT2D eigenvalue weighted by Gasteiger charge is -2.26. The fraction of sp³-hybridized carbons (Fsp3) is 0.800. The van der Waals surface area contributed by atoms with Gasteiger partial charge in [0, 0.05) is 0 Å². The van der Waals surface area contributed by atoms with Crippen molar-refractivity contribution in [1.82, 2.24) is 0 Å². The lowest BCUT2D eigenvalue weighted by atomic mass is 10.3. The molecule has 13 heavy (non-hydrogen) atoms. The maximum absolute atomic E-state index is 12.2. The molecule has 0 unspecified atom stereocenters. The average molecular weight is 229 g/mol. The maximum atomic E-state index is 12.2. The van der Waals surface area contributed by atoms with E-state index in [4.69, 9.17) is 0 Å². The third kappa shape index (κ3) is 2.41. The van der Waals surface area contributed by atoms with Gasteiger partial charge >= 0.3 is 17.4 Å². The van der Waals surface area contributed by atoms with Crippen LogP contribution in [0.5, 0.6) is 0 Å². The topological polar surface area (TPSA) is 0 Å². The van der Waals surface area contributed by atoms with E-state index in [-0.39, 0.29) is 0 Å². The molecule has 0 bridgehead atoms. The fourth-order valence-electron chi connectivity index (χ4n) is 0.384. The number of hydrogen-bond donors (Lipinski definition) is 0. The molecule has 0 rings (SSSR count). The van der Waals surface area contributed by atoms with Crippen molar-refractivity contribution in [2.24, 2.45) is 0 Å². The minimum atomic E-state index is -6.25. The summed E-state index contributed by atoms with van der Waals surface area (Å²) in [4.78, 5) is 0. The van der Waals surface area contributed by atoms with E-state index in [9.17, 15) is 30.7 Å². The second kappa shape index (κ2) is 3.55. The van der Waals surface area contributed by atoms with Crippen molar-refractivity contribution in [3.8, 4) is 0 Å². The molecule has 79 valence electrons. The maximum Gasteiger partial charge on any atom is 0.460 e. The minimum absolute atomic E-state index is 0.779. The third-order valence-electron chi connectivity index (χ3n) is 1.00. The number of halogens is 7. The van der Waals surface area contributed by atoms with E-state index in [0.717, 1.165) is 0 Å². The fourth-order valence-corrected chi connectivity index (χ4v) is 0.937. The van der Waals surface area contributed by atoms with E-state index < -0.39 is 34.9 Å². The molecule has 0 aliphatic heterocycles. The molecule has 0 heterocycles. The van der Waals surface area contributed by atoms with E-state index in [1.807, 2.05) is 0 Å². The van der Waals surface area contributed by atoms with Crippen LogP contribution in [0.1, 0.15) is 0 Å². The Hall–Kier alpha value is -0.140. The summed E-state index contributed by atoms with van der Waals surface area (Å²) in [5, 5.41) is -5.17. The molecule has 0 atom stereocenters. The molecular weight excluding hydrogens is 225 g/mol. The third-order valence-corrected chi connectivity index (χ3v) is 1.83. The zero-order valence-corrected chi connectivity index (χ0v) is 6.78. The molecule has 1 radical (unpaired) electrons. The van der Waals surface area contributed by atoms with Gasteiger partial charge in [0.2, 0.25) is 0 Å². The van der Waals surface area contributed by atoms with Gasteiger partial charge in [-0.05, 0) is 12.7 Å². The van der Waals surface area contributed by atoms with Crippen molar-refractivity contribution in [1.29, 1.82) is 0 Å². The second-order valence-electron chi connectivity index (χ2n) is 1.94. The Balaban J connectivity index is 4.81. The van der Waals surface area contributed by atoms with E-state index in [0.29, 0.717) is 0 Å². The molecule has 0 N–H and O–H groups in total. The van der Waals surface area contributed by atoms with Crippen LogP contribution in [0.4, 0.5) is 30.7 Å². The Kier molecular flexibility index (Phi) is 3.51. The number of hydrogen-bond acceptors (Lipinski definition) is 1. The van der Waals surface area contributed by atoms with Crippen molar-refractivity contribution < 1.29 is 30.7 Å². The van der Waals surface area contributed by atoms with Gasteiger partial charge < -0.3 is 0 Å². The first-order valence-corrected chi connectivity index (χ1v) is 3.80. The summed E-state index contributed by atoms with van der Waals surface area (Å²) in [6.45, 7) is 2.75. The van der Waals surface area contributed by atoms with Gasteiger partial charge in [-0.15, -0.1) is 0 Å². The molecular formula is C5H4F7S. The van der Waals surface area contributed by atoms with Crippen molar-refractivity contribution in [2.75, 3.05) is 5.75 Å². The van der Waals surface area contributed by atoms with Crippen LogP contribution >= 0.6 is 11.8 Å². The van der Waals surface area contributed by atoms with Crippen molar-refractivity contribution in [3.05, 3.63) is 6.92 Å². The van der Waals surface area contributed by atoms with E-state index in [1.54, 1.807) is 0 Å². The van der Waals surface area contributed by atoms with Crippen LogP contribution in [0.2, 0.25) is 0 Å². The summed E-state index contributed by atoms with van der Waals surface area (Å²) in [5.41, 5.74) is 0. The highest BCUT2D eigenvalue weighted by Gasteiger charge is 2.73. The molecule has 0 saturated heterocycles. The molecule has 0 amide bonds. The molecule has 0 nitrogen and oxygen atoms in total. The van der Waals surface area contributed by atoms with Crippen LogP contribution < -0.4 is 0 Å². The van der Waals surface area contributed by atoms with Crippen LogP contribution in [0.15, 0.2) is 0 Å². The Bertz CT molecular complexity index is 172. The van der Waals surface area contributed by atoms with Gasteiger partial charge in [-0.1, -0.05) is 11.8 Å². The molecule has 0 aromatic rings. The lowest BCUT2D eigenvalue weighted by Crippen LogP contribution is -2.50. The summed E-state index contributed by atoms with van der Waals surface area (Å²) < 4.78 is 82.4. The number of alkyl halides is 7. The largest absolute Gasteiger partial charge is 0.460 e. The highest BCUT2D eigenvalue weighted by atomic mass is 32.2. The molecule has 0 fully saturated rings. The Morgan fingerprint density at radius 3 is 1.54 bits per heavy atom. The average Bonchev–Trinajstić information content (AvgIpc) is 1.84. The molecule has 0 saturated carbocycles. The van der Waals surface area contributed by atoms with Gasteiger partial charge in [-0.25, -0.2) is 0 Å². The van der Waals surface area contributed by atoms with E-state index in [1.165, 1.54) is 0 Å². The van der Waals surface area contributed by atoms with Gasteiger partial charge in [0.25, 0.3) is 0 Å². The second-order valence-corrected chi connectivity index (χ2v) is 3.15. The van der Waals surface area contributed by atoms with E-state index in [2.05, 4.69) is 6.92 Å². The van der Waals surface area contributed by atoms with Gasteiger partial charge in [-0.3, -0.25) is 0 Å². The van der Waals surface area contributed by atoms with Crippen molar-refractivity contribution >= 4 is 11.8 Å². The Morgan fingerprint density at radius 2 is 1.31 bits per heavy atom. The number of rotatable bonds is 3. The van der Waals surface area contributed by atoms with Gasteiger partial charge in [0.15, 0.2) is 0 Å². The van der Waals surface area contributed by atoms with Crippen LogP contribution in [0, 0.1) is 6.92 Å². The predicted octanol–water partition coefficient (Wildman–Crippen LogP) is 3.34. The number of thioether (sulfide) groups is 1. The lowest BCUT2D eigenvalue weighted by molar-refractivity contribution is -0.330. The summed E-state index contributed by atoms with van der Waals surface area (Å²) in [5.74, 6) is -6.80. The minimum Gasteiger partial charge on any atom is -0.188 e. The first kappa shape index (κ1) is 12.9. The summed E-state index contributed by atoms with van der Waals surface area (Å²) in [7, 11) is 0. The van der Waals surface area contributed by atoms with Crippen LogP contribution in [-0.2, 0) is 0 Å². The summed E-state index contributed by atoms with van der Waals surface area (Å²) in [6, 6.07) is 0. The standard InChI is InChI=1S/C5H4F7S/c1-2-13-5(11,12)3(6,7)4(8,9)10/h1-2H2. The Labute approximate surface area is 73.5 Å². The molecule has 0 aromatic heterocycles. The van der Waals surface area contributed by atoms with Crippen LogP contribution in [0.25, 0.3) is 0 Å². The normalized spacial score (nSPS) is 14.8. The first-order valence-electron chi connectivity index (χ1n) is 2.82. The first-order chi connectivity index (χ1) is 5.56. The molecule has 8 heteroatoms. The quantitative estimate of drug-likeness (QED) is 0.669. The summed E-state index contributed by atoms with van der Waals surface area (Å²) >= 11 is -0.847. The zero-order chi connectivity index (χ0) is 10.9. The van der Waals surface area contributed by atoms with Crippen molar-refractivity contribution in [3.63, 3.8) is 0 Å². The van der Waals surface area contributed by atoms with Crippen molar-refractivity contribution in [2.45, 2.75) is 17.4 Å². The predicted molar refractivity (Wildman–Crippen MR) is 33.8 cm³/mol. The van der Waals surface area contributed by atoms with Gasteiger partial charge in [-0.2, -0.15) is 30.7 Å². The SMILES string of the molecule is [CH2]CSC(F)(F)C(F)(F)C(F)(F)F. The van der Waals surface area contributed by atoms with Crippen LogP contribution in [-0.4, -0.2) is 23.1 Å².